The Morgan fingerprint density at radius 1 is 1.31 bits per heavy atom. The van der Waals surface area contributed by atoms with Crippen molar-refractivity contribution in [3.63, 3.8) is 0 Å². The van der Waals surface area contributed by atoms with Gasteiger partial charge in [0.1, 0.15) is 0 Å². The van der Waals surface area contributed by atoms with Crippen molar-refractivity contribution in [3.05, 3.63) is 29.6 Å². The van der Waals surface area contributed by atoms with Crippen LogP contribution in [0.25, 0.3) is 0 Å². The predicted octanol–water partition coefficient (Wildman–Crippen LogP) is 3.22. The summed E-state index contributed by atoms with van der Waals surface area (Å²) >= 11 is 0. The maximum Gasteiger partial charge on any atom is 0.416 e. The van der Waals surface area contributed by atoms with Gasteiger partial charge in [0.15, 0.2) is 0 Å². The first-order valence-corrected chi connectivity index (χ1v) is 3.94. The summed E-state index contributed by atoms with van der Waals surface area (Å²) in [4.78, 5) is 3.68. The zero-order chi connectivity index (χ0) is 10.1. The van der Waals surface area contributed by atoms with E-state index in [4.69, 9.17) is 0 Å². The molecule has 0 aromatic carbocycles. The molecule has 0 atom stereocenters. The first-order chi connectivity index (χ1) is 5.93. The Hall–Kier alpha value is -1.06. The Kier molecular flexibility index (Phi) is 2.59. The number of nitrogens with zero attached hydrogens (tertiary/aromatic N) is 1. The second kappa shape index (κ2) is 3.36. The molecule has 1 rings (SSSR count). The van der Waals surface area contributed by atoms with Crippen molar-refractivity contribution in [2.45, 2.75) is 25.9 Å². The molecular formula is C9H10F3N. The van der Waals surface area contributed by atoms with Gasteiger partial charge in [0.25, 0.3) is 0 Å². The average molecular weight is 189 g/mol. The minimum absolute atomic E-state index is 0.162. The van der Waals surface area contributed by atoms with Crippen LogP contribution in [0.2, 0.25) is 0 Å². The van der Waals surface area contributed by atoms with E-state index < -0.39 is 11.7 Å². The van der Waals surface area contributed by atoms with Gasteiger partial charge < -0.3 is 0 Å². The highest BCUT2D eigenvalue weighted by Crippen LogP contribution is 2.34. The highest BCUT2D eigenvalue weighted by molar-refractivity contribution is 5.28. The minimum atomic E-state index is -4.28. The molecule has 0 aliphatic heterocycles. The van der Waals surface area contributed by atoms with Crippen LogP contribution in [-0.4, -0.2) is 4.98 Å². The molecule has 1 heterocycles. The Morgan fingerprint density at radius 3 is 2.31 bits per heavy atom. The molecule has 0 unspecified atom stereocenters. The second-order valence-electron chi connectivity index (χ2n) is 3.12. The van der Waals surface area contributed by atoms with Crippen molar-refractivity contribution < 1.29 is 13.2 Å². The minimum Gasteiger partial charge on any atom is -0.264 e. The summed E-state index contributed by atoms with van der Waals surface area (Å²) in [5.74, 6) is -0.162. The van der Waals surface area contributed by atoms with Gasteiger partial charge in [-0.25, -0.2) is 0 Å². The van der Waals surface area contributed by atoms with Crippen LogP contribution in [0.4, 0.5) is 13.2 Å². The van der Waals surface area contributed by atoms with E-state index in [2.05, 4.69) is 4.98 Å². The maximum atomic E-state index is 12.4. The third-order valence-electron chi connectivity index (χ3n) is 1.78. The van der Waals surface area contributed by atoms with E-state index in [1.165, 1.54) is 6.20 Å². The lowest BCUT2D eigenvalue weighted by molar-refractivity contribution is -0.138. The largest absolute Gasteiger partial charge is 0.416 e. The molecule has 0 amide bonds. The summed E-state index contributed by atoms with van der Waals surface area (Å²) in [6.07, 6.45) is -1.84. The normalized spacial score (nSPS) is 12.2. The van der Waals surface area contributed by atoms with Crippen molar-refractivity contribution in [2.24, 2.45) is 0 Å². The van der Waals surface area contributed by atoms with Gasteiger partial charge in [-0.05, 0) is 17.5 Å². The zero-order valence-corrected chi connectivity index (χ0v) is 7.39. The van der Waals surface area contributed by atoms with Crippen LogP contribution in [0.3, 0.4) is 0 Å². The van der Waals surface area contributed by atoms with Gasteiger partial charge in [-0.2, -0.15) is 13.2 Å². The lowest BCUT2D eigenvalue weighted by Gasteiger charge is -2.13. The Bertz CT molecular complexity index is 291. The monoisotopic (exact) mass is 189 g/mol. The van der Waals surface area contributed by atoms with Gasteiger partial charge in [0, 0.05) is 12.4 Å². The van der Waals surface area contributed by atoms with E-state index in [0.29, 0.717) is 0 Å². The van der Waals surface area contributed by atoms with E-state index in [1.807, 2.05) is 0 Å². The molecule has 0 fully saturated rings. The van der Waals surface area contributed by atoms with Crippen LogP contribution < -0.4 is 0 Å². The molecule has 0 aliphatic rings. The fourth-order valence-corrected chi connectivity index (χ4v) is 1.12. The lowest BCUT2D eigenvalue weighted by atomic mass is 9.99. The highest BCUT2D eigenvalue weighted by atomic mass is 19.4. The Balaban J connectivity index is 3.20. The predicted molar refractivity (Wildman–Crippen MR) is 43.3 cm³/mol. The molecule has 0 bridgehead atoms. The van der Waals surface area contributed by atoms with Gasteiger partial charge in [0.05, 0.1) is 5.56 Å². The molecule has 0 aliphatic carbocycles. The molecule has 0 N–H and O–H groups in total. The first-order valence-electron chi connectivity index (χ1n) is 3.94. The summed E-state index contributed by atoms with van der Waals surface area (Å²) < 4.78 is 37.1. The summed E-state index contributed by atoms with van der Waals surface area (Å²) in [5.41, 5.74) is -0.340. The summed E-state index contributed by atoms with van der Waals surface area (Å²) in [7, 11) is 0. The van der Waals surface area contributed by atoms with E-state index >= 15 is 0 Å². The van der Waals surface area contributed by atoms with E-state index in [-0.39, 0.29) is 11.5 Å². The van der Waals surface area contributed by atoms with Gasteiger partial charge in [-0.15, -0.1) is 0 Å². The fraction of sp³-hybridized carbons (Fsp3) is 0.444. The average Bonchev–Trinajstić information content (AvgIpc) is 2.03. The third-order valence-corrected chi connectivity index (χ3v) is 1.78. The summed E-state index contributed by atoms with van der Waals surface area (Å²) in [5, 5.41) is 0. The molecule has 0 spiro atoms. The van der Waals surface area contributed by atoms with Crippen LogP contribution in [0.5, 0.6) is 0 Å². The van der Waals surface area contributed by atoms with E-state index in [9.17, 15) is 13.2 Å². The Labute approximate surface area is 74.6 Å². The van der Waals surface area contributed by atoms with Crippen LogP contribution >= 0.6 is 0 Å². The molecule has 1 aromatic rings. The lowest BCUT2D eigenvalue weighted by Crippen LogP contribution is -2.10. The van der Waals surface area contributed by atoms with Crippen LogP contribution in [-0.2, 0) is 6.18 Å². The van der Waals surface area contributed by atoms with Gasteiger partial charge >= 0.3 is 6.18 Å². The van der Waals surface area contributed by atoms with Crippen LogP contribution in [0.15, 0.2) is 18.5 Å². The Morgan fingerprint density at radius 2 is 1.92 bits per heavy atom. The molecule has 72 valence electrons. The van der Waals surface area contributed by atoms with Crippen molar-refractivity contribution >= 4 is 0 Å². The van der Waals surface area contributed by atoms with E-state index in [1.54, 1.807) is 13.8 Å². The summed E-state index contributed by atoms with van der Waals surface area (Å²) in [6, 6.07) is 1.01. The van der Waals surface area contributed by atoms with E-state index in [0.717, 1.165) is 12.3 Å². The molecule has 1 nitrogen and oxygen atoms in total. The topological polar surface area (TPSA) is 12.9 Å². The van der Waals surface area contributed by atoms with Gasteiger partial charge in [-0.3, -0.25) is 4.98 Å². The fourth-order valence-electron chi connectivity index (χ4n) is 1.12. The number of aromatic nitrogens is 1. The molecule has 0 saturated carbocycles. The molecule has 0 radical (unpaired) electrons. The van der Waals surface area contributed by atoms with Crippen LogP contribution in [0, 0.1) is 0 Å². The quantitative estimate of drug-likeness (QED) is 0.660. The van der Waals surface area contributed by atoms with Crippen molar-refractivity contribution in [1.82, 2.24) is 4.98 Å². The molecule has 1 aromatic heterocycles. The second-order valence-corrected chi connectivity index (χ2v) is 3.12. The van der Waals surface area contributed by atoms with Crippen molar-refractivity contribution in [2.75, 3.05) is 0 Å². The molecular weight excluding hydrogens is 179 g/mol. The number of rotatable bonds is 1. The zero-order valence-electron chi connectivity index (χ0n) is 7.39. The molecule has 4 heteroatoms. The summed E-state index contributed by atoms with van der Waals surface area (Å²) in [6.45, 7) is 3.43. The molecule has 13 heavy (non-hydrogen) atoms. The standard InChI is InChI=1S/C9H10F3N/c1-6(2)7-5-13-4-3-8(7)9(10,11)12/h3-6H,1-2H3. The molecule has 0 saturated heterocycles. The highest BCUT2D eigenvalue weighted by Gasteiger charge is 2.33. The maximum absolute atomic E-state index is 12.4. The van der Waals surface area contributed by atoms with Gasteiger partial charge in [-0.1, -0.05) is 13.8 Å². The third kappa shape index (κ3) is 2.20. The van der Waals surface area contributed by atoms with Crippen LogP contribution in [0.1, 0.15) is 30.9 Å². The van der Waals surface area contributed by atoms with Gasteiger partial charge in [0.2, 0.25) is 0 Å². The number of pyridine rings is 1. The first kappa shape index (κ1) is 10.0. The number of halogens is 3. The number of hydrogen-bond donors (Lipinski definition) is 0. The van der Waals surface area contributed by atoms with Crippen molar-refractivity contribution in [1.29, 1.82) is 0 Å². The number of hydrogen-bond acceptors (Lipinski definition) is 1. The smallest absolute Gasteiger partial charge is 0.264 e. The number of alkyl halides is 3. The SMILES string of the molecule is CC(C)c1cnccc1C(F)(F)F. The van der Waals surface area contributed by atoms with Crippen molar-refractivity contribution in [3.8, 4) is 0 Å².